The summed E-state index contributed by atoms with van der Waals surface area (Å²) in [5, 5.41) is 0. The van der Waals surface area contributed by atoms with Gasteiger partial charge in [0, 0.05) is 0 Å². The standard InChI is InChI=1S/C8H18O.C8H18/c1-7(2,3)9-8(4,5)6;1-3-5-7-8-6-4-2/h1-6H3;3-8H2,1-2H3. The van der Waals surface area contributed by atoms with Crippen molar-refractivity contribution in [2.45, 2.75) is 105 Å². The summed E-state index contributed by atoms with van der Waals surface area (Å²) in [6.45, 7) is 16.9. The fourth-order valence-electron chi connectivity index (χ4n) is 1.77. The highest BCUT2D eigenvalue weighted by Crippen LogP contribution is 2.17. The first-order valence-electron chi connectivity index (χ1n) is 7.32. The summed E-state index contributed by atoms with van der Waals surface area (Å²) in [6, 6.07) is 0. The molecule has 1 nitrogen and oxygen atoms in total. The lowest BCUT2D eigenvalue weighted by Gasteiger charge is -2.30. The van der Waals surface area contributed by atoms with Crippen LogP contribution in [0.2, 0.25) is 0 Å². The molecule has 106 valence electrons. The van der Waals surface area contributed by atoms with Crippen LogP contribution in [0.1, 0.15) is 93.9 Å². The summed E-state index contributed by atoms with van der Waals surface area (Å²) >= 11 is 0. The fraction of sp³-hybridized carbons (Fsp3) is 1.00. The number of hydrogen-bond donors (Lipinski definition) is 0. The van der Waals surface area contributed by atoms with Crippen LogP contribution in [0.3, 0.4) is 0 Å². The van der Waals surface area contributed by atoms with Gasteiger partial charge < -0.3 is 4.74 Å². The summed E-state index contributed by atoms with van der Waals surface area (Å²) in [4.78, 5) is 0. The van der Waals surface area contributed by atoms with Crippen LogP contribution in [0.4, 0.5) is 0 Å². The molecule has 0 N–H and O–H groups in total. The van der Waals surface area contributed by atoms with E-state index in [1.807, 2.05) is 0 Å². The van der Waals surface area contributed by atoms with Crippen LogP contribution in [0.5, 0.6) is 0 Å². The molecule has 0 aliphatic rings. The minimum atomic E-state index is -0.0156. The van der Waals surface area contributed by atoms with E-state index in [1.54, 1.807) is 0 Å². The van der Waals surface area contributed by atoms with Crippen LogP contribution in [0.15, 0.2) is 0 Å². The van der Waals surface area contributed by atoms with Gasteiger partial charge in [-0.15, -0.1) is 0 Å². The van der Waals surface area contributed by atoms with Crippen LogP contribution in [0, 0.1) is 0 Å². The minimum absolute atomic E-state index is 0.0156. The third kappa shape index (κ3) is 25.9. The van der Waals surface area contributed by atoms with E-state index in [1.165, 1.54) is 38.5 Å². The highest BCUT2D eigenvalue weighted by Gasteiger charge is 2.19. The van der Waals surface area contributed by atoms with Crippen molar-refractivity contribution in [2.24, 2.45) is 0 Å². The zero-order chi connectivity index (χ0) is 13.9. The van der Waals surface area contributed by atoms with E-state index in [0.717, 1.165) is 0 Å². The Balaban J connectivity index is 0. The van der Waals surface area contributed by atoms with Gasteiger partial charge >= 0.3 is 0 Å². The van der Waals surface area contributed by atoms with Gasteiger partial charge in [-0.05, 0) is 41.5 Å². The summed E-state index contributed by atoms with van der Waals surface area (Å²) in [5.41, 5.74) is -0.0312. The molecule has 0 aromatic heterocycles. The molecular formula is C16H36O. The molecule has 0 aliphatic carbocycles. The normalized spacial score (nSPS) is 12.0. The maximum Gasteiger partial charge on any atom is 0.0605 e. The van der Waals surface area contributed by atoms with Crippen LogP contribution in [-0.4, -0.2) is 11.2 Å². The predicted molar refractivity (Wildman–Crippen MR) is 79.6 cm³/mol. The highest BCUT2D eigenvalue weighted by atomic mass is 16.5. The SMILES string of the molecule is CC(C)(C)OC(C)(C)C.CCCCCCCC. The van der Waals surface area contributed by atoms with Gasteiger partial charge in [-0.2, -0.15) is 0 Å². The van der Waals surface area contributed by atoms with E-state index in [2.05, 4.69) is 55.4 Å². The lowest BCUT2D eigenvalue weighted by molar-refractivity contribution is -0.102. The van der Waals surface area contributed by atoms with Crippen LogP contribution < -0.4 is 0 Å². The van der Waals surface area contributed by atoms with E-state index in [9.17, 15) is 0 Å². The molecule has 0 aromatic rings. The lowest BCUT2D eigenvalue weighted by atomic mass is 10.1. The monoisotopic (exact) mass is 244 g/mol. The molecule has 1 heteroatoms. The Bertz CT molecular complexity index is 130. The van der Waals surface area contributed by atoms with Crippen molar-refractivity contribution in [1.82, 2.24) is 0 Å². The summed E-state index contributed by atoms with van der Waals surface area (Å²) in [5.74, 6) is 0. The Morgan fingerprint density at radius 1 is 0.588 bits per heavy atom. The largest absolute Gasteiger partial charge is 0.370 e. The van der Waals surface area contributed by atoms with Crippen LogP contribution in [-0.2, 0) is 4.74 Å². The summed E-state index contributed by atoms with van der Waals surface area (Å²) in [6.07, 6.45) is 8.49. The van der Waals surface area contributed by atoms with Crippen molar-refractivity contribution in [3.63, 3.8) is 0 Å². The van der Waals surface area contributed by atoms with E-state index in [4.69, 9.17) is 4.74 Å². The minimum Gasteiger partial charge on any atom is -0.370 e. The van der Waals surface area contributed by atoms with Crippen LogP contribution >= 0.6 is 0 Å². The van der Waals surface area contributed by atoms with E-state index >= 15 is 0 Å². The number of unbranched alkanes of at least 4 members (excludes halogenated alkanes) is 5. The molecule has 0 spiro atoms. The lowest BCUT2D eigenvalue weighted by Crippen LogP contribution is -2.31. The Labute approximate surface area is 110 Å². The second-order valence-electron chi connectivity index (χ2n) is 6.74. The molecule has 0 amide bonds. The Kier molecular flexibility index (Phi) is 11.3. The average Bonchev–Trinajstić information content (AvgIpc) is 2.07. The molecule has 0 unspecified atom stereocenters. The van der Waals surface area contributed by atoms with E-state index in [-0.39, 0.29) is 11.2 Å². The van der Waals surface area contributed by atoms with Crippen molar-refractivity contribution in [3.05, 3.63) is 0 Å². The molecule has 0 bridgehead atoms. The molecule has 0 saturated heterocycles. The van der Waals surface area contributed by atoms with Gasteiger partial charge in [-0.1, -0.05) is 52.4 Å². The number of ether oxygens (including phenoxy) is 1. The molecular weight excluding hydrogens is 208 g/mol. The molecule has 0 fully saturated rings. The molecule has 0 aromatic carbocycles. The first-order valence-corrected chi connectivity index (χ1v) is 7.32. The van der Waals surface area contributed by atoms with Crippen molar-refractivity contribution in [1.29, 1.82) is 0 Å². The fourth-order valence-corrected chi connectivity index (χ4v) is 1.77. The zero-order valence-electron chi connectivity index (χ0n) is 13.7. The molecule has 0 radical (unpaired) electrons. The molecule has 0 rings (SSSR count). The van der Waals surface area contributed by atoms with Gasteiger partial charge in [-0.25, -0.2) is 0 Å². The second kappa shape index (κ2) is 9.94. The molecule has 17 heavy (non-hydrogen) atoms. The van der Waals surface area contributed by atoms with Gasteiger partial charge in [0.15, 0.2) is 0 Å². The number of hydrogen-bond acceptors (Lipinski definition) is 1. The highest BCUT2D eigenvalue weighted by molar-refractivity contribution is 4.68. The van der Waals surface area contributed by atoms with Gasteiger partial charge in [0.2, 0.25) is 0 Å². The maximum absolute atomic E-state index is 5.62. The van der Waals surface area contributed by atoms with Crippen molar-refractivity contribution >= 4 is 0 Å². The first kappa shape index (κ1) is 19.3. The molecule has 0 saturated carbocycles. The van der Waals surface area contributed by atoms with Gasteiger partial charge in [-0.3, -0.25) is 0 Å². The van der Waals surface area contributed by atoms with Crippen molar-refractivity contribution < 1.29 is 4.74 Å². The smallest absolute Gasteiger partial charge is 0.0605 e. The van der Waals surface area contributed by atoms with Gasteiger partial charge in [0.05, 0.1) is 11.2 Å². The van der Waals surface area contributed by atoms with Gasteiger partial charge in [0.1, 0.15) is 0 Å². The predicted octanol–water partition coefficient (Wildman–Crippen LogP) is 5.97. The third-order valence-electron chi connectivity index (χ3n) is 2.07. The average molecular weight is 244 g/mol. The Morgan fingerprint density at radius 3 is 1.00 bits per heavy atom. The second-order valence-corrected chi connectivity index (χ2v) is 6.74. The quantitative estimate of drug-likeness (QED) is 0.542. The molecule has 0 aliphatic heterocycles. The third-order valence-corrected chi connectivity index (χ3v) is 2.07. The van der Waals surface area contributed by atoms with E-state index in [0.29, 0.717) is 0 Å². The summed E-state index contributed by atoms with van der Waals surface area (Å²) in [7, 11) is 0. The van der Waals surface area contributed by atoms with Crippen molar-refractivity contribution in [2.75, 3.05) is 0 Å². The van der Waals surface area contributed by atoms with E-state index < -0.39 is 0 Å². The Hall–Kier alpha value is -0.0400. The Morgan fingerprint density at radius 2 is 0.882 bits per heavy atom. The van der Waals surface area contributed by atoms with Crippen LogP contribution in [0.25, 0.3) is 0 Å². The zero-order valence-corrected chi connectivity index (χ0v) is 13.7. The first-order chi connectivity index (χ1) is 7.62. The van der Waals surface area contributed by atoms with Gasteiger partial charge in [0.25, 0.3) is 0 Å². The maximum atomic E-state index is 5.62. The molecule has 0 atom stereocenters. The summed E-state index contributed by atoms with van der Waals surface area (Å²) < 4.78 is 5.62. The number of rotatable bonds is 5. The topological polar surface area (TPSA) is 9.23 Å². The molecule has 0 heterocycles. The van der Waals surface area contributed by atoms with Crippen molar-refractivity contribution in [3.8, 4) is 0 Å².